The summed E-state index contributed by atoms with van der Waals surface area (Å²) in [6.07, 6.45) is 0.763. The molecular formula is C12H12F2N2O2. The quantitative estimate of drug-likeness (QED) is 0.840. The molecule has 0 spiro atoms. The van der Waals surface area contributed by atoms with Gasteiger partial charge in [-0.2, -0.15) is 0 Å². The summed E-state index contributed by atoms with van der Waals surface area (Å²) in [5.74, 6) is -1.89. The Bertz CT molecular complexity index is 491. The van der Waals surface area contributed by atoms with Gasteiger partial charge in [0.05, 0.1) is 0 Å². The number of benzene rings is 1. The summed E-state index contributed by atoms with van der Waals surface area (Å²) in [7, 11) is 0. The topological polar surface area (TPSA) is 58.2 Å². The molecule has 1 aliphatic rings. The zero-order chi connectivity index (χ0) is 13.1. The number of hydrogen-bond donors (Lipinski definition) is 2. The zero-order valence-corrected chi connectivity index (χ0v) is 9.50. The van der Waals surface area contributed by atoms with Crippen LogP contribution in [0.1, 0.15) is 18.4 Å². The second-order valence-corrected chi connectivity index (χ2v) is 4.11. The third-order valence-corrected chi connectivity index (χ3v) is 2.78. The zero-order valence-electron chi connectivity index (χ0n) is 9.50. The molecule has 96 valence electrons. The molecule has 6 heteroatoms. The van der Waals surface area contributed by atoms with Gasteiger partial charge in [0.15, 0.2) is 0 Å². The molecule has 0 bridgehead atoms. The SMILES string of the molecule is O=C1CCC(C(=O)NCc2ccc(F)cc2F)N1. The van der Waals surface area contributed by atoms with Gasteiger partial charge in [0.2, 0.25) is 11.8 Å². The monoisotopic (exact) mass is 254 g/mol. The number of hydrogen-bond acceptors (Lipinski definition) is 2. The van der Waals surface area contributed by atoms with Crippen LogP contribution in [-0.4, -0.2) is 17.9 Å². The summed E-state index contributed by atoms with van der Waals surface area (Å²) in [6, 6.07) is 2.61. The first-order valence-corrected chi connectivity index (χ1v) is 5.57. The van der Waals surface area contributed by atoms with Crippen molar-refractivity contribution in [2.24, 2.45) is 0 Å². The number of nitrogens with one attached hydrogen (secondary N) is 2. The van der Waals surface area contributed by atoms with Gasteiger partial charge < -0.3 is 10.6 Å². The van der Waals surface area contributed by atoms with Crippen molar-refractivity contribution in [2.75, 3.05) is 0 Å². The fourth-order valence-electron chi connectivity index (χ4n) is 1.78. The minimum absolute atomic E-state index is 0.0304. The summed E-state index contributed by atoms with van der Waals surface area (Å²) in [4.78, 5) is 22.6. The molecule has 1 aromatic carbocycles. The predicted molar refractivity (Wildman–Crippen MR) is 59.4 cm³/mol. The van der Waals surface area contributed by atoms with Gasteiger partial charge in [-0.05, 0) is 12.5 Å². The number of rotatable bonds is 3. The highest BCUT2D eigenvalue weighted by atomic mass is 19.1. The Hall–Kier alpha value is -1.98. The van der Waals surface area contributed by atoms with E-state index in [9.17, 15) is 18.4 Å². The highest BCUT2D eigenvalue weighted by Crippen LogP contribution is 2.10. The first-order chi connectivity index (χ1) is 8.56. The largest absolute Gasteiger partial charge is 0.350 e. The van der Waals surface area contributed by atoms with Gasteiger partial charge in [-0.25, -0.2) is 8.78 Å². The van der Waals surface area contributed by atoms with Gasteiger partial charge in [-0.15, -0.1) is 0 Å². The molecule has 0 radical (unpaired) electrons. The molecular weight excluding hydrogens is 242 g/mol. The van der Waals surface area contributed by atoms with E-state index in [1.807, 2.05) is 0 Å². The second-order valence-electron chi connectivity index (χ2n) is 4.11. The lowest BCUT2D eigenvalue weighted by atomic mass is 10.2. The summed E-state index contributed by atoms with van der Waals surface area (Å²) < 4.78 is 25.9. The van der Waals surface area contributed by atoms with Crippen LogP contribution in [0, 0.1) is 11.6 Å². The van der Waals surface area contributed by atoms with Crippen molar-refractivity contribution in [1.82, 2.24) is 10.6 Å². The average Bonchev–Trinajstić information content (AvgIpc) is 2.74. The van der Waals surface area contributed by atoms with Gasteiger partial charge in [-0.1, -0.05) is 6.07 Å². The van der Waals surface area contributed by atoms with Crippen molar-refractivity contribution in [3.05, 3.63) is 35.4 Å². The van der Waals surface area contributed by atoms with Crippen LogP contribution in [0.4, 0.5) is 8.78 Å². The summed E-state index contributed by atoms with van der Waals surface area (Å²) in [6.45, 7) is -0.0304. The molecule has 0 saturated carbocycles. The lowest BCUT2D eigenvalue weighted by molar-refractivity contribution is -0.125. The van der Waals surface area contributed by atoms with E-state index in [4.69, 9.17) is 0 Å². The van der Waals surface area contributed by atoms with E-state index in [0.29, 0.717) is 12.8 Å². The van der Waals surface area contributed by atoms with Crippen LogP contribution in [0.25, 0.3) is 0 Å². The fourth-order valence-corrected chi connectivity index (χ4v) is 1.78. The highest BCUT2D eigenvalue weighted by Gasteiger charge is 2.26. The molecule has 1 atom stereocenters. The number of carbonyl (C=O) groups excluding carboxylic acids is 2. The normalized spacial score (nSPS) is 18.6. The Kier molecular flexibility index (Phi) is 3.55. The van der Waals surface area contributed by atoms with Gasteiger partial charge in [0.1, 0.15) is 17.7 Å². The van der Waals surface area contributed by atoms with E-state index >= 15 is 0 Å². The summed E-state index contributed by atoms with van der Waals surface area (Å²) in [5.41, 5.74) is 0.203. The number of carbonyl (C=O) groups is 2. The maximum Gasteiger partial charge on any atom is 0.242 e. The maximum atomic E-state index is 13.3. The Labute approximate surface area is 102 Å². The third-order valence-electron chi connectivity index (χ3n) is 2.78. The molecule has 2 N–H and O–H groups in total. The summed E-state index contributed by atoms with van der Waals surface area (Å²) in [5, 5.41) is 5.01. The number of halogens is 2. The Morgan fingerprint density at radius 1 is 1.44 bits per heavy atom. The molecule has 1 heterocycles. The average molecular weight is 254 g/mol. The first-order valence-electron chi connectivity index (χ1n) is 5.57. The van der Waals surface area contributed by atoms with E-state index in [1.165, 1.54) is 6.07 Å². The van der Waals surface area contributed by atoms with Crippen molar-refractivity contribution in [2.45, 2.75) is 25.4 Å². The Morgan fingerprint density at radius 2 is 2.22 bits per heavy atom. The van der Waals surface area contributed by atoms with Gasteiger partial charge in [-0.3, -0.25) is 9.59 Å². The molecule has 2 rings (SSSR count). The van der Waals surface area contributed by atoms with E-state index in [-0.39, 0.29) is 23.9 Å². The van der Waals surface area contributed by atoms with Gasteiger partial charge in [0, 0.05) is 24.6 Å². The molecule has 0 aromatic heterocycles. The Balaban J connectivity index is 1.91. The maximum absolute atomic E-state index is 13.3. The molecule has 0 aliphatic carbocycles. The van der Waals surface area contributed by atoms with Crippen LogP contribution < -0.4 is 10.6 Å². The van der Waals surface area contributed by atoms with Crippen molar-refractivity contribution in [3.63, 3.8) is 0 Å². The molecule has 1 saturated heterocycles. The van der Waals surface area contributed by atoms with Crippen LogP contribution in [0.5, 0.6) is 0 Å². The van der Waals surface area contributed by atoms with E-state index in [1.54, 1.807) is 0 Å². The van der Waals surface area contributed by atoms with Crippen LogP contribution in [0.15, 0.2) is 18.2 Å². The third kappa shape index (κ3) is 2.82. The minimum Gasteiger partial charge on any atom is -0.350 e. The molecule has 1 aliphatic heterocycles. The fraction of sp³-hybridized carbons (Fsp3) is 0.333. The van der Waals surface area contributed by atoms with Crippen molar-refractivity contribution in [1.29, 1.82) is 0 Å². The molecule has 1 fully saturated rings. The second kappa shape index (κ2) is 5.12. The Morgan fingerprint density at radius 3 is 2.83 bits per heavy atom. The smallest absolute Gasteiger partial charge is 0.242 e. The van der Waals surface area contributed by atoms with E-state index < -0.39 is 17.7 Å². The summed E-state index contributed by atoms with van der Waals surface area (Å²) >= 11 is 0. The molecule has 4 nitrogen and oxygen atoms in total. The van der Waals surface area contributed by atoms with E-state index in [2.05, 4.69) is 10.6 Å². The van der Waals surface area contributed by atoms with Gasteiger partial charge in [0.25, 0.3) is 0 Å². The van der Waals surface area contributed by atoms with Crippen molar-refractivity contribution in [3.8, 4) is 0 Å². The van der Waals surface area contributed by atoms with Crippen molar-refractivity contribution >= 4 is 11.8 Å². The lowest BCUT2D eigenvalue weighted by Crippen LogP contribution is -2.41. The van der Waals surface area contributed by atoms with Crippen LogP contribution in [0.2, 0.25) is 0 Å². The molecule has 2 amide bonds. The predicted octanol–water partition coefficient (Wildman–Crippen LogP) is 0.860. The van der Waals surface area contributed by atoms with E-state index in [0.717, 1.165) is 12.1 Å². The highest BCUT2D eigenvalue weighted by molar-refractivity contribution is 5.90. The molecule has 18 heavy (non-hydrogen) atoms. The standard InChI is InChI=1S/C12H12F2N2O2/c13-8-2-1-7(9(14)5-8)6-15-12(18)10-3-4-11(17)16-10/h1-2,5,10H,3-4,6H2,(H,15,18)(H,16,17). The first kappa shape index (κ1) is 12.5. The van der Waals surface area contributed by atoms with Crippen molar-refractivity contribution < 1.29 is 18.4 Å². The lowest BCUT2D eigenvalue weighted by Gasteiger charge is -2.11. The van der Waals surface area contributed by atoms with Crippen LogP contribution in [0.3, 0.4) is 0 Å². The minimum atomic E-state index is -0.703. The van der Waals surface area contributed by atoms with Gasteiger partial charge >= 0.3 is 0 Å². The van der Waals surface area contributed by atoms with Crippen LogP contribution >= 0.6 is 0 Å². The molecule has 1 unspecified atom stereocenters. The van der Waals surface area contributed by atoms with Crippen LogP contribution in [-0.2, 0) is 16.1 Å². The number of amides is 2. The molecule has 1 aromatic rings.